The zero-order valence-electron chi connectivity index (χ0n) is 15.4. The van der Waals surface area contributed by atoms with Crippen LogP contribution in [0.2, 0.25) is 0 Å². The number of carbonyl (C=O) groups excluding carboxylic acids is 2. The fourth-order valence-corrected chi connectivity index (χ4v) is 4.31. The fraction of sp³-hybridized carbons (Fsp3) is 0.450. The lowest BCUT2D eigenvalue weighted by molar-refractivity contribution is -0.131. The van der Waals surface area contributed by atoms with Crippen LogP contribution in [0.25, 0.3) is 0 Å². The van der Waals surface area contributed by atoms with Gasteiger partial charge in [0.15, 0.2) is 0 Å². The van der Waals surface area contributed by atoms with E-state index in [-0.39, 0.29) is 30.0 Å². The Bertz CT molecular complexity index is 808. The predicted molar refractivity (Wildman–Crippen MR) is 103 cm³/mol. The standard InChI is InChI=1S/C20H24FN3O2S/c1-14(25)22-8-7-18-13-27-20(23-18)16-5-3-9-24(12-16)19(26)11-15-4-2-6-17(21)10-15/h2,4,6,10,13,16H,3,5,7-9,11-12H2,1H3,(H,22,25). The number of amides is 2. The Kier molecular flexibility index (Phi) is 6.55. The Balaban J connectivity index is 1.56. The summed E-state index contributed by atoms with van der Waals surface area (Å²) in [6.45, 7) is 3.49. The van der Waals surface area contributed by atoms with Gasteiger partial charge in [0.25, 0.3) is 0 Å². The number of nitrogens with one attached hydrogen (secondary N) is 1. The predicted octanol–water partition coefficient (Wildman–Crippen LogP) is 2.91. The third-order valence-electron chi connectivity index (χ3n) is 4.69. The molecule has 1 aliphatic rings. The monoisotopic (exact) mass is 389 g/mol. The number of halogens is 1. The first kappa shape index (κ1) is 19.5. The number of benzene rings is 1. The van der Waals surface area contributed by atoms with E-state index in [0.29, 0.717) is 25.1 Å². The van der Waals surface area contributed by atoms with Crippen molar-refractivity contribution in [1.82, 2.24) is 15.2 Å². The molecule has 1 atom stereocenters. The Morgan fingerprint density at radius 2 is 2.26 bits per heavy atom. The molecule has 0 saturated carbocycles. The van der Waals surface area contributed by atoms with E-state index < -0.39 is 0 Å². The van der Waals surface area contributed by atoms with Crippen LogP contribution >= 0.6 is 11.3 Å². The van der Waals surface area contributed by atoms with Crippen molar-refractivity contribution in [2.24, 2.45) is 0 Å². The first-order chi connectivity index (χ1) is 13.0. The molecule has 1 aromatic heterocycles. The molecule has 3 rings (SSSR count). The highest BCUT2D eigenvalue weighted by Gasteiger charge is 2.26. The number of nitrogens with zero attached hydrogens (tertiary/aromatic N) is 2. The molecule has 5 nitrogen and oxygen atoms in total. The minimum absolute atomic E-state index is 0.0349. The van der Waals surface area contributed by atoms with E-state index in [9.17, 15) is 14.0 Å². The summed E-state index contributed by atoms with van der Waals surface area (Å²) in [6, 6.07) is 6.22. The van der Waals surface area contributed by atoms with Gasteiger partial charge < -0.3 is 10.2 Å². The first-order valence-corrected chi connectivity index (χ1v) is 10.1. The van der Waals surface area contributed by atoms with Gasteiger partial charge in [-0.3, -0.25) is 9.59 Å². The summed E-state index contributed by atoms with van der Waals surface area (Å²) in [4.78, 5) is 30.1. The lowest BCUT2D eigenvalue weighted by Crippen LogP contribution is -2.40. The van der Waals surface area contributed by atoms with Crippen LogP contribution in [0.3, 0.4) is 0 Å². The minimum Gasteiger partial charge on any atom is -0.356 e. The maximum absolute atomic E-state index is 13.3. The molecular formula is C20H24FN3O2S. The normalized spacial score (nSPS) is 17.0. The lowest BCUT2D eigenvalue weighted by atomic mass is 9.98. The molecule has 27 heavy (non-hydrogen) atoms. The van der Waals surface area contributed by atoms with Crippen LogP contribution in [0.5, 0.6) is 0 Å². The summed E-state index contributed by atoms with van der Waals surface area (Å²) in [5, 5.41) is 5.86. The molecule has 0 radical (unpaired) electrons. The van der Waals surface area contributed by atoms with Crippen LogP contribution in [0.4, 0.5) is 4.39 Å². The summed E-state index contributed by atoms with van der Waals surface area (Å²) >= 11 is 1.62. The van der Waals surface area contributed by atoms with Crippen molar-refractivity contribution in [2.75, 3.05) is 19.6 Å². The van der Waals surface area contributed by atoms with E-state index in [0.717, 1.165) is 30.1 Å². The lowest BCUT2D eigenvalue weighted by Gasteiger charge is -2.32. The SMILES string of the molecule is CC(=O)NCCc1csc(C2CCCN(C(=O)Cc3cccc(F)c3)C2)n1. The second-order valence-corrected chi connectivity index (χ2v) is 7.79. The zero-order valence-corrected chi connectivity index (χ0v) is 16.2. The molecule has 1 unspecified atom stereocenters. The van der Waals surface area contributed by atoms with Gasteiger partial charge in [-0.25, -0.2) is 9.37 Å². The number of rotatable bonds is 6. The number of likely N-dealkylation sites (tertiary alicyclic amines) is 1. The molecule has 1 saturated heterocycles. The van der Waals surface area contributed by atoms with E-state index in [4.69, 9.17) is 4.98 Å². The van der Waals surface area contributed by atoms with E-state index in [2.05, 4.69) is 5.32 Å². The highest BCUT2D eigenvalue weighted by molar-refractivity contribution is 7.09. The minimum atomic E-state index is -0.314. The molecule has 2 aromatic rings. The van der Waals surface area contributed by atoms with E-state index in [1.165, 1.54) is 19.1 Å². The Hall–Kier alpha value is -2.28. The highest BCUT2D eigenvalue weighted by Crippen LogP contribution is 2.29. The van der Waals surface area contributed by atoms with Crippen molar-refractivity contribution >= 4 is 23.2 Å². The third kappa shape index (κ3) is 5.60. The molecule has 2 heterocycles. The van der Waals surface area contributed by atoms with Crippen LogP contribution in [-0.2, 0) is 22.4 Å². The van der Waals surface area contributed by atoms with Crippen molar-refractivity contribution in [3.05, 3.63) is 51.7 Å². The maximum atomic E-state index is 13.3. The van der Waals surface area contributed by atoms with Gasteiger partial charge in [-0.1, -0.05) is 12.1 Å². The number of thiazole rings is 1. The molecule has 2 amide bonds. The summed E-state index contributed by atoms with van der Waals surface area (Å²) in [6.07, 6.45) is 2.90. The molecule has 1 N–H and O–H groups in total. The molecule has 0 bridgehead atoms. The van der Waals surface area contributed by atoms with E-state index in [1.807, 2.05) is 10.3 Å². The Labute approximate surface area is 162 Å². The second-order valence-electron chi connectivity index (χ2n) is 6.90. The van der Waals surface area contributed by atoms with Crippen LogP contribution in [0.1, 0.15) is 41.9 Å². The van der Waals surface area contributed by atoms with Gasteiger partial charge in [-0.15, -0.1) is 11.3 Å². The number of hydrogen-bond acceptors (Lipinski definition) is 4. The summed E-state index contributed by atoms with van der Waals surface area (Å²) in [5.74, 6) is -0.0703. The molecule has 1 aromatic carbocycles. The van der Waals surface area contributed by atoms with Gasteiger partial charge in [0.1, 0.15) is 5.82 Å². The van der Waals surface area contributed by atoms with Gasteiger partial charge in [0.05, 0.1) is 17.1 Å². The Morgan fingerprint density at radius 3 is 3.04 bits per heavy atom. The topological polar surface area (TPSA) is 62.3 Å². The van der Waals surface area contributed by atoms with Crippen LogP contribution < -0.4 is 5.32 Å². The van der Waals surface area contributed by atoms with Crippen molar-refractivity contribution in [1.29, 1.82) is 0 Å². The van der Waals surface area contributed by atoms with Crippen molar-refractivity contribution in [2.45, 2.75) is 38.5 Å². The quantitative estimate of drug-likeness (QED) is 0.826. The summed E-state index contributed by atoms with van der Waals surface area (Å²) < 4.78 is 13.3. The summed E-state index contributed by atoms with van der Waals surface area (Å²) in [7, 11) is 0. The van der Waals surface area contributed by atoms with Crippen LogP contribution in [0.15, 0.2) is 29.6 Å². The van der Waals surface area contributed by atoms with Crippen molar-refractivity contribution in [3.63, 3.8) is 0 Å². The van der Waals surface area contributed by atoms with Gasteiger partial charge in [0, 0.05) is 44.3 Å². The zero-order chi connectivity index (χ0) is 19.2. The second kappa shape index (κ2) is 9.08. The Morgan fingerprint density at radius 1 is 1.41 bits per heavy atom. The molecule has 0 aliphatic carbocycles. The number of hydrogen-bond donors (Lipinski definition) is 1. The van der Waals surface area contributed by atoms with E-state index in [1.54, 1.807) is 23.5 Å². The van der Waals surface area contributed by atoms with Crippen LogP contribution in [0, 0.1) is 5.82 Å². The van der Waals surface area contributed by atoms with Gasteiger partial charge in [-0.05, 0) is 30.5 Å². The third-order valence-corrected chi connectivity index (χ3v) is 5.75. The van der Waals surface area contributed by atoms with Gasteiger partial charge in [-0.2, -0.15) is 0 Å². The highest BCUT2D eigenvalue weighted by atomic mass is 32.1. The van der Waals surface area contributed by atoms with E-state index >= 15 is 0 Å². The number of aromatic nitrogens is 1. The molecular weight excluding hydrogens is 365 g/mol. The first-order valence-electron chi connectivity index (χ1n) is 9.22. The molecule has 7 heteroatoms. The van der Waals surface area contributed by atoms with Crippen molar-refractivity contribution < 1.29 is 14.0 Å². The average molecular weight is 389 g/mol. The van der Waals surface area contributed by atoms with Crippen molar-refractivity contribution in [3.8, 4) is 0 Å². The maximum Gasteiger partial charge on any atom is 0.227 e. The molecule has 1 aliphatic heterocycles. The summed E-state index contributed by atoms with van der Waals surface area (Å²) in [5.41, 5.74) is 1.68. The smallest absolute Gasteiger partial charge is 0.227 e. The fourth-order valence-electron chi connectivity index (χ4n) is 3.33. The van der Waals surface area contributed by atoms with Crippen LogP contribution in [-0.4, -0.2) is 41.3 Å². The number of piperidine rings is 1. The van der Waals surface area contributed by atoms with Gasteiger partial charge >= 0.3 is 0 Å². The van der Waals surface area contributed by atoms with Gasteiger partial charge in [0.2, 0.25) is 11.8 Å². The average Bonchev–Trinajstić information content (AvgIpc) is 3.10. The molecule has 0 spiro atoms. The number of carbonyl (C=O) groups is 2. The molecule has 144 valence electrons. The largest absolute Gasteiger partial charge is 0.356 e. The molecule has 1 fully saturated rings.